The first kappa shape index (κ1) is 27.2. The van der Waals surface area contributed by atoms with Crippen LogP contribution >= 0.6 is 0 Å². The first-order valence-electron chi connectivity index (χ1n) is 13.1. The fraction of sp³-hybridized carbons (Fsp3) is 0.121. The first-order chi connectivity index (χ1) is 19.9. The second-order valence-electron chi connectivity index (χ2n) is 9.49. The average molecular weight is 548 g/mol. The van der Waals surface area contributed by atoms with Crippen LogP contribution in [0.25, 0.3) is 5.69 Å². The lowest BCUT2D eigenvalue weighted by Gasteiger charge is -2.10. The minimum Gasteiger partial charge on any atom is -0.486 e. The van der Waals surface area contributed by atoms with Crippen molar-refractivity contribution in [2.24, 2.45) is 5.10 Å². The summed E-state index contributed by atoms with van der Waals surface area (Å²) in [6.07, 6.45) is 1.41. The van der Waals surface area contributed by atoms with Crippen LogP contribution < -0.4 is 14.9 Å². The van der Waals surface area contributed by atoms with E-state index in [1.807, 2.05) is 43.3 Å². The third-order valence-corrected chi connectivity index (χ3v) is 6.41. The number of furan rings is 1. The summed E-state index contributed by atoms with van der Waals surface area (Å²) in [6, 6.07) is 29.2. The molecule has 0 bridgehead atoms. The molecule has 41 heavy (non-hydrogen) atoms. The topological polar surface area (TPSA) is 95.1 Å². The van der Waals surface area contributed by atoms with E-state index in [2.05, 4.69) is 41.1 Å². The highest BCUT2D eigenvalue weighted by atomic mass is 16.5. The number of amides is 1. The molecule has 0 aliphatic heterocycles. The summed E-state index contributed by atoms with van der Waals surface area (Å²) in [5.41, 5.74) is 7.82. The number of esters is 1. The number of carbonyl (C=O) groups is 2. The highest BCUT2D eigenvalue weighted by molar-refractivity contribution is 5.94. The molecule has 0 spiro atoms. The summed E-state index contributed by atoms with van der Waals surface area (Å²) >= 11 is 0. The van der Waals surface area contributed by atoms with Crippen LogP contribution in [0, 0.1) is 20.8 Å². The van der Waals surface area contributed by atoms with E-state index >= 15 is 0 Å². The smallest absolute Gasteiger partial charge is 0.343 e. The molecule has 0 aliphatic rings. The monoisotopic (exact) mass is 547 g/mol. The Morgan fingerprint density at radius 3 is 2.29 bits per heavy atom. The number of nitrogens with zero attached hydrogens (tertiary/aromatic N) is 2. The van der Waals surface area contributed by atoms with Crippen molar-refractivity contribution < 1.29 is 23.5 Å². The number of aromatic nitrogens is 1. The van der Waals surface area contributed by atoms with Crippen molar-refractivity contribution in [2.75, 3.05) is 0 Å². The lowest BCUT2D eigenvalue weighted by Crippen LogP contribution is -2.17. The number of hydrazone groups is 1. The second kappa shape index (κ2) is 12.2. The third-order valence-electron chi connectivity index (χ3n) is 6.41. The van der Waals surface area contributed by atoms with Gasteiger partial charge in [-0.1, -0.05) is 29.8 Å². The van der Waals surface area contributed by atoms with Gasteiger partial charge in [0.1, 0.15) is 23.9 Å². The van der Waals surface area contributed by atoms with Crippen molar-refractivity contribution in [2.45, 2.75) is 27.4 Å². The molecule has 8 heteroatoms. The molecule has 0 saturated heterocycles. The van der Waals surface area contributed by atoms with Gasteiger partial charge in [0.2, 0.25) is 0 Å². The van der Waals surface area contributed by atoms with E-state index in [1.54, 1.807) is 48.5 Å². The molecule has 0 atom stereocenters. The summed E-state index contributed by atoms with van der Waals surface area (Å²) in [5, 5.41) is 4.01. The maximum absolute atomic E-state index is 12.6. The van der Waals surface area contributed by atoms with Crippen molar-refractivity contribution in [3.05, 3.63) is 137 Å². The third kappa shape index (κ3) is 6.62. The van der Waals surface area contributed by atoms with Gasteiger partial charge >= 0.3 is 11.9 Å². The van der Waals surface area contributed by atoms with Gasteiger partial charge in [-0.3, -0.25) is 4.79 Å². The zero-order valence-electron chi connectivity index (χ0n) is 23.0. The molecule has 0 radical (unpaired) electrons. The van der Waals surface area contributed by atoms with Crippen molar-refractivity contribution in [1.82, 2.24) is 9.99 Å². The van der Waals surface area contributed by atoms with E-state index in [-0.39, 0.29) is 12.4 Å². The molecule has 1 N–H and O–H groups in total. The molecule has 5 aromatic rings. The molecule has 206 valence electrons. The minimum atomic E-state index is -0.525. The highest BCUT2D eigenvalue weighted by Crippen LogP contribution is 2.21. The maximum atomic E-state index is 12.6. The van der Waals surface area contributed by atoms with Crippen molar-refractivity contribution >= 4 is 18.1 Å². The first-order valence-corrected chi connectivity index (χ1v) is 13.1. The van der Waals surface area contributed by atoms with Gasteiger partial charge in [-0.2, -0.15) is 5.10 Å². The van der Waals surface area contributed by atoms with Gasteiger partial charge in [-0.05, 0) is 93.6 Å². The molecule has 2 heterocycles. The zero-order valence-corrected chi connectivity index (χ0v) is 23.0. The van der Waals surface area contributed by atoms with Gasteiger partial charge in [-0.25, -0.2) is 10.2 Å². The van der Waals surface area contributed by atoms with Crippen LogP contribution in [0.2, 0.25) is 0 Å². The molecule has 0 unspecified atom stereocenters. The Morgan fingerprint density at radius 1 is 0.854 bits per heavy atom. The number of ether oxygens (including phenoxy) is 2. The summed E-state index contributed by atoms with van der Waals surface area (Å²) in [7, 11) is 0. The predicted molar refractivity (Wildman–Crippen MR) is 156 cm³/mol. The van der Waals surface area contributed by atoms with Gasteiger partial charge in [0.05, 0.1) is 11.8 Å². The van der Waals surface area contributed by atoms with Crippen LogP contribution in [0.1, 0.15) is 49.2 Å². The van der Waals surface area contributed by atoms with Crippen LogP contribution in [-0.4, -0.2) is 22.7 Å². The molecule has 1 amide bonds. The largest absolute Gasteiger partial charge is 0.486 e. The van der Waals surface area contributed by atoms with E-state index in [4.69, 9.17) is 13.9 Å². The lowest BCUT2D eigenvalue weighted by molar-refractivity contribution is 0.0734. The van der Waals surface area contributed by atoms with Crippen LogP contribution in [0.3, 0.4) is 0 Å². The number of hydrogen-bond acceptors (Lipinski definition) is 6. The number of aryl methyl sites for hydroxylation is 3. The number of carbonyl (C=O) groups excluding carboxylic acids is 2. The predicted octanol–water partition coefficient (Wildman–Crippen LogP) is 6.56. The van der Waals surface area contributed by atoms with Crippen LogP contribution in [0.4, 0.5) is 0 Å². The summed E-state index contributed by atoms with van der Waals surface area (Å²) in [4.78, 5) is 25.1. The number of nitrogens with one attached hydrogen (secondary N) is 1. The van der Waals surface area contributed by atoms with E-state index in [0.717, 1.165) is 22.6 Å². The lowest BCUT2D eigenvalue weighted by atomic mass is 10.1. The SMILES string of the molecule is Cc1ccc(C(=O)Oc2ccccc2/C=N\NC(=O)c2ccc(COc3ccc(-n4c(C)ccc4C)cc3)o2)cc1. The Kier molecular flexibility index (Phi) is 8.10. The Bertz CT molecular complexity index is 1680. The van der Waals surface area contributed by atoms with Crippen molar-refractivity contribution in [3.63, 3.8) is 0 Å². The summed E-state index contributed by atoms with van der Waals surface area (Å²) < 4.78 is 19.2. The normalized spacial score (nSPS) is 11.0. The number of hydrogen-bond donors (Lipinski definition) is 1. The standard InChI is InChI=1S/C33H29N3O5/c1-22-8-12-25(13-9-22)33(38)41-30-7-5-4-6-26(30)20-34-35-32(37)31-19-18-29(40-31)21-39-28-16-14-27(15-17-28)36-23(2)10-11-24(36)3/h4-20H,21H2,1-3H3,(H,35,37)/b34-20-. The van der Waals surface area contributed by atoms with Gasteiger partial charge in [0.15, 0.2) is 5.76 Å². The Balaban J connectivity index is 1.15. The fourth-order valence-electron chi connectivity index (χ4n) is 4.24. The Morgan fingerprint density at radius 2 is 1.56 bits per heavy atom. The zero-order chi connectivity index (χ0) is 28.8. The molecule has 0 aliphatic carbocycles. The number of benzene rings is 3. The van der Waals surface area contributed by atoms with E-state index < -0.39 is 11.9 Å². The van der Waals surface area contributed by atoms with Gasteiger partial charge in [0.25, 0.3) is 0 Å². The van der Waals surface area contributed by atoms with Gasteiger partial charge in [-0.15, -0.1) is 0 Å². The fourth-order valence-corrected chi connectivity index (χ4v) is 4.24. The molecular formula is C33H29N3O5. The minimum absolute atomic E-state index is 0.0914. The molecule has 8 nitrogen and oxygen atoms in total. The van der Waals surface area contributed by atoms with Crippen molar-refractivity contribution in [1.29, 1.82) is 0 Å². The molecule has 5 rings (SSSR count). The van der Waals surface area contributed by atoms with Gasteiger partial charge in [0, 0.05) is 22.6 Å². The van der Waals surface area contributed by atoms with Crippen LogP contribution in [0.15, 0.2) is 107 Å². The van der Waals surface area contributed by atoms with Crippen LogP contribution in [-0.2, 0) is 6.61 Å². The average Bonchev–Trinajstić information content (AvgIpc) is 3.59. The van der Waals surface area contributed by atoms with E-state index in [0.29, 0.717) is 28.4 Å². The highest BCUT2D eigenvalue weighted by Gasteiger charge is 2.13. The quantitative estimate of drug-likeness (QED) is 0.0976. The molecular weight excluding hydrogens is 518 g/mol. The van der Waals surface area contributed by atoms with Gasteiger partial charge < -0.3 is 18.5 Å². The van der Waals surface area contributed by atoms with Crippen LogP contribution in [0.5, 0.6) is 11.5 Å². The molecule has 0 saturated carbocycles. The van der Waals surface area contributed by atoms with E-state index in [9.17, 15) is 9.59 Å². The number of para-hydroxylation sites is 1. The summed E-state index contributed by atoms with van der Waals surface area (Å²) in [5.74, 6) is 0.582. The molecule has 2 aromatic heterocycles. The summed E-state index contributed by atoms with van der Waals surface area (Å²) in [6.45, 7) is 6.24. The second-order valence-corrected chi connectivity index (χ2v) is 9.49. The maximum Gasteiger partial charge on any atom is 0.343 e. The molecule has 0 fully saturated rings. The van der Waals surface area contributed by atoms with Crippen molar-refractivity contribution in [3.8, 4) is 17.2 Å². The Hall–Kier alpha value is -5.37. The van der Waals surface area contributed by atoms with E-state index in [1.165, 1.54) is 6.21 Å². The molecule has 3 aromatic carbocycles. The Labute approximate surface area is 237 Å². The number of rotatable bonds is 9.